The molecule has 41 heavy (non-hydrogen) atoms. The highest BCUT2D eigenvalue weighted by atomic mass is 16.5. The Balaban J connectivity index is 2.16. The molecule has 1 heterocycles. The van der Waals surface area contributed by atoms with Crippen LogP contribution >= 0.6 is 0 Å². The maximum atomic E-state index is 14.5. The lowest BCUT2D eigenvalue weighted by atomic mass is 10.0. The number of ether oxygens (including phenoxy) is 1. The number of hydrogen-bond acceptors (Lipinski definition) is 8. The molecule has 2 aromatic rings. The summed E-state index contributed by atoms with van der Waals surface area (Å²) in [6, 6.07) is 12.8. The van der Waals surface area contributed by atoms with Crippen molar-refractivity contribution < 1.29 is 14.3 Å². The number of benzene rings is 2. The number of ketones is 1. The van der Waals surface area contributed by atoms with E-state index in [-0.39, 0.29) is 24.3 Å². The minimum atomic E-state index is -0.189. The summed E-state index contributed by atoms with van der Waals surface area (Å²) in [6.07, 6.45) is 6.07. The topological polar surface area (TPSA) is 101 Å². The maximum Gasteiger partial charge on any atom is 0.263 e. The van der Waals surface area contributed by atoms with Gasteiger partial charge in [-0.05, 0) is 64.1 Å². The van der Waals surface area contributed by atoms with Crippen LogP contribution in [0.4, 0.5) is 5.69 Å². The smallest absolute Gasteiger partial charge is 0.263 e. The van der Waals surface area contributed by atoms with Crippen LogP contribution in [0.2, 0.25) is 0 Å². The SMILES string of the molecule is CCC/C=C(\CN1CCN(C)CC1)N(C(=O)c1ccccc1C)c1cc(C(=O)CN/N=C\C=N)ccc1OC(C)C. The number of nitrogens with zero attached hydrogens (tertiary/aromatic N) is 4. The van der Waals surface area contributed by atoms with E-state index in [1.807, 2.05) is 45.0 Å². The molecular weight excluding hydrogens is 516 g/mol. The Morgan fingerprint density at radius 3 is 2.54 bits per heavy atom. The fourth-order valence-electron chi connectivity index (χ4n) is 4.63. The number of hydrazone groups is 1. The highest BCUT2D eigenvalue weighted by Crippen LogP contribution is 2.35. The van der Waals surface area contributed by atoms with Crippen molar-refractivity contribution in [1.29, 1.82) is 5.41 Å². The molecule has 0 atom stereocenters. The van der Waals surface area contributed by atoms with E-state index in [2.05, 4.69) is 40.4 Å². The number of nitrogens with one attached hydrogen (secondary N) is 2. The van der Waals surface area contributed by atoms with Crippen molar-refractivity contribution in [2.45, 2.75) is 46.6 Å². The van der Waals surface area contributed by atoms with Gasteiger partial charge in [-0.1, -0.05) is 37.6 Å². The van der Waals surface area contributed by atoms with Crippen molar-refractivity contribution in [2.24, 2.45) is 5.10 Å². The third kappa shape index (κ3) is 9.09. The largest absolute Gasteiger partial charge is 0.489 e. The van der Waals surface area contributed by atoms with Crippen molar-refractivity contribution >= 4 is 29.8 Å². The van der Waals surface area contributed by atoms with E-state index in [0.29, 0.717) is 29.1 Å². The van der Waals surface area contributed by atoms with Crippen molar-refractivity contribution in [3.8, 4) is 5.75 Å². The first-order valence-electron chi connectivity index (χ1n) is 14.3. The lowest BCUT2D eigenvalue weighted by Gasteiger charge is -2.36. The van der Waals surface area contributed by atoms with Crippen LogP contribution in [0.25, 0.3) is 0 Å². The van der Waals surface area contributed by atoms with E-state index in [9.17, 15) is 9.59 Å². The Labute approximate surface area is 244 Å². The van der Waals surface area contributed by atoms with Gasteiger partial charge in [0.1, 0.15) is 5.75 Å². The van der Waals surface area contributed by atoms with E-state index in [4.69, 9.17) is 10.1 Å². The second-order valence-electron chi connectivity index (χ2n) is 10.6. The van der Waals surface area contributed by atoms with Crippen molar-refractivity contribution in [1.82, 2.24) is 15.2 Å². The van der Waals surface area contributed by atoms with Crippen LogP contribution in [0.1, 0.15) is 59.9 Å². The fourth-order valence-corrected chi connectivity index (χ4v) is 4.63. The summed E-state index contributed by atoms with van der Waals surface area (Å²) < 4.78 is 6.23. The zero-order valence-electron chi connectivity index (χ0n) is 25.0. The minimum absolute atomic E-state index is 0.0419. The summed E-state index contributed by atoms with van der Waals surface area (Å²) in [6.45, 7) is 12.2. The minimum Gasteiger partial charge on any atom is -0.489 e. The third-order valence-electron chi connectivity index (χ3n) is 6.88. The average Bonchev–Trinajstić information content (AvgIpc) is 2.95. The number of likely N-dealkylation sites (N-methyl/N-ethyl adjacent to an activating group) is 1. The molecule has 0 aromatic heterocycles. The van der Waals surface area contributed by atoms with Crippen molar-refractivity contribution in [3.05, 3.63) is 70.9 Å². The van der Waals surface area contributed by atoms with Gasteiger partial charge in [0, 0.05) is 55.8 Å². The number of carbonyl (C=O) groups excluding carboxylic acids is 2. The molecule has 0 aliphatic carbocycles. The third-order valence-corrected chi connectivity index (χ3v) is 6.88. The number of rotatable bonds is 14. The molecule has 1 amide bonds. The second-order valence-corrected chi connectivity index (χ2v) is 10.6. The highest BCUT2D eigenvalue weighted by molar-refractivity contribution is 6.14. The molecule has 0 unspecified atom stereocenters. The first-order chi connectivity index (χ1) is 19.7. The first kappa shape index (κ1) is 31.7. The molecule has 2 N–H and O–H groups in total. The van der Waals surface area contributed by atoms with Crippen molar-refractivity contribution in [3.63, 3.8) is 0 Å². The number of piperazine rings is 1. The molecule has 0 radical (unpaired) electrons. The summed E-state index contributed by atoms with van der Waals surface area (Å²) in [4.78, 5) is 34.1. The molecule has 0 spiro atoms. The Kier molecular flexibility index (Phi) is 12.2. The fraction of sp³-hybridized carbons (Fsp3) is 0.438. The number of unbranched alkanes of at least 4 members (excludes halogenated alkanes) is 1. The Morgan fingerprint density at radius 2 is 1.88 bits per heavy atom. The Bertz CT molecular complexity index is 1250. The number of aryl methyl sites for hydroxylation is 1. The van der Waals surface area contributed by atoms with Gasteiger partial charge < -0.3 is 20.5 Å². The van der Waals surface area contributed by atoms with E-state index in [1.165, 1.54) is 6.21 Å². The quantitative estimate of drug-likeness (QED) is 0.196. The van der Waals surface area contributed by atoms with Gasteiger partial charge in [-0.2, -0.15) is 5.10 Å². The lowest BCUT2D eigenvalue weighted by Crippen LogP contribution is -2.47. The van der Waals surface area contributed by atoms with Gasteiger partial charge in [0.15, 0.2) is 5.78 Å². The summed E-state index contributed by atoms with van der Waals surface area (Å²) in [5.74, 6) is 0.187. The molecule has 1 aliphatic rings. The zero-order valence-corrected chi connectivity index (χ0v) is 25.0. The molecular formula is C32H44N6O3. The number of amides is 1. The normalized spacial score (nSPS) is 14.8. The van der Waals surface area contributed by atoms with E-state index in [0.717, 1.165) is 56.5 Å². The Morgan fingerprint density at radius 1 is 1.15 bits per heavy atom. The molecule has 3 rings (SSSR count). The molecule has 0 saturated carbocycles. The molecule has 9 nitrogen and oxygen atoms in total. The van der Waals surface area contributed by atoms with E-state index >= 15 is 0 Å². The van der Waals surface area contributed by atoms with Crippen LogP contribution < -0.4 is 15.1 Å². The number of hydrogen-bond donors (Lipinski definition) is 2. The molecule has 2 aromatic carbocycles. The molecule has 1 aliphatic heterocycles. The standard InChI is InChI=1S/C32H44N6O3/c1-6-7-11-27(23-37-19-17-36(5)18-20-37)38(32(40)28-12-9-8-10-25(28)4)29-21-26(13-14-31(29)41-24(2)3)30(39)22-35-34-16-15-33/h8-16,21,24,33,35H,6-7,17-20,22-23H2,1-5H3/b27-11+,33-15?,34-16-. The maximum absolute atomic E-state index is 14.5. The molecule has 1 fully saturated rings. The second kappa shape index (κ2) is 15.8. The number of carbonyl (C=O) groups is 2. The Hall–Kier alpha value is -3.82. The predicted octanol–water partition coefficient (Wildman–Crippen LogP) is 4.77. The van der Waals surface area contributed by atoms with Crippen LogP contribution in [0.3, 0.4) is 0 Å². The van der Waals surface area contributed by atoms with Gasteiger partial charge in [-0.25, -0.2) is 0 Å². The van der Waals surface area contributed by atoms with Crippen LogP contribution in [0.5, 0.6) is 5.75 Å². The summed E-state index contributed by atoms with van der Waals surface area (Å²) in [5, 5.41) is 10.9. The molecule has 1 saturated heterocycles. The monoisotopic (exact) mass is 560 g/mol. The molecule has 220 valence electrons. The lowest BCUT2D eigenvalue weighted by molar-refractivity contribution is 0.0978. The summed E-state index contributed by atoms with van der Waals surface area (Å²) in [7, 11) is 2.13. The number of anilines is 1. The van der Waals surface area contributed by atoms with Gasteiger partial charge in [-0.15, -0.1) is 0 Å². The van der Waals surface area contributed by atoms with Gasteiger partial charge in [-0.3, -0.25) is 19.4 Å². The molecule has 9 heteroatoms. The summed E-state index contributed by atoms with van der Waals surface area (Å²) in [5.41, 5.74) is 6.00. The number of Topliss-reactive ketones (excluding diaryl/α,β-unsaturated/α-hetero) is 1. The van der Waals surface area contributed by atoms with E-state index in [1.54, 1.807) is 23.1 Å². The highest BCUT2D eigenvalue weighted by Gasteiger charge is 2.29. The summed E-state index contributed by atoms with van der Waals surface area (Å²) >= 11 is 0. The number of allylic oxidation sites excluding steroid dienone is 1. The molecule has 0 bridgehead atoms. The van der Waals surface area contributed by atoms with Crippen LogP contribution in [0.15, 0.2) is 59.3 Å². The van der Waals surface area contributed by atoms with Crippen LogP contribution in [-0.2, 0) is 0 Å². The van der Waals surface area contributed by atoms with Crippen molar-refractivity contribution in [2.75, 3.05) is 51.2 Å². The van der Waals surface area contributed by atoms with Crippen LogP contribution in [-0.4, -0.2) is 86.3 Å². The van der Waals surface area contributed by atoms with Gasteiger partial charge in [0.2, 0.25) is 0 Å². The van der Waals surface area contributed by atoms with Crippen LogP contribution in [0, 0.1) is 12.3 Å². The zero-order chi connectivity index (χ0) is 29.8. The predicted molar refractivity (Wildman–Crippen MR) is 167 cm³/mol. The van der Waals surface area contributed by atoms with E-state index < -0.39 is 0 Å². The van der Waals surface area contributed by atoms with Gasteiger partial charge in [0.05, 0.1) is 24.6 Å². The van der Waals surface area contributed by atoms with Gasteiger partial charge >= 0.3 is 0 Å². The average molecular weight is 561 g/mol. The van der Waals surface area contributed by atoms with Gasteiger partial charge in [0.25, 0.3) is 5.91 Å². The first-order valence-corrected chi connectivity index (χ1v) is 14.3.